The highest BCUT2D eigenvalue weighted by atomic mass is 32.2. The molecule has 0 saturated carbocycles. The highest BCUT2D eigenvalue weighted by Gasteiger charge is 2.40. The summed E-state index contributed by atoms with van der Waals surface area (Å²) in [6.07, 6.45) is 1.69. The largest absolute Gasteiger partial charge is 0.497 e. The van der Waals surface area contributed by atoms with Crippen LogP contribution in [0.4, 0.5) is 5.69 Å². The highest BCUT2D eigenvalue weighted by Crippen LogP contribution is 2.29. The summed E-state index contributed by atoms with van der Waals surface area (Å²) < 4.78 is 30.2. The van der Waals surface area contributed by atoms with Gasteiger partial charge in [0.05, 0.1) is 17.8 Å². The van der Waals surface area contributed by atoms with Gasteiger partial charge in [-0.05, 0) is 54.3 Å². The van der Waals surface area contributed by atoms with Crippen LogP contribution in [0.2, 0.25) is 0 Å². The van der Waals surface area contributed by atoms with Crippen LogP contribution in [-0.2, 0) is 27.5 Å². The topological polar surface area (TPSA) is 89.5 Å². The minimum atomic E-state index is -3.70. The summed E-state index contributed by atoms with van der Waals surface area (Å²) in [6, 6.07) is 21.3. The van der Waals surface area contributed by atoms with Crippen LogP contribution in [0.5, 0.6) is 5.75 Å². The van der Waals surface area contributed by atoms with E-state index >= 15 is 0 Å². The van der Waals surface area contributed by atoms with Crippen LogP contribution in [0, 0.1) is 5.92 Å². The van der Waals surface area contributed by atoms with Gasteiger partial charge in [0.2, 0.25) is 5.91 Å². The van der Waals surface area contributed by atoms with Crippen molar-refractivity contribution in [2.24, 2.45) is 5.92 Å². The summed E-state index contributed by atoms with van der Waals surface area (Å²) in [5.74, 6) is -2.04. The van der Waals surface area contributed by atoms with Crippen molar-refractivity contribution in [3.8, 4) is 5.75 Å². The van der Waals surface area contributed by atoms with E-state index in [0.717, 1.165) is 24.2 Å². The van der Waals surface area contributed by atoms with Gasteiger partial charge >= 0.3 is 0 Å². The number of ether oxygens (including phenoxy) is 1. The summed E-state index contributed by atoms with van der Waals surface area (Å²) >= 11 is 0. The number of benzene rings is 3. The third-order valence-electron chi connectivity index (χ3n) is 5.59. The number of ketones is 1. The summed E-state index contributed by atoms with van der Waals surface area (Å²) in [6.45, 7) is 0. The SMILES string of the molecule is COc1ccc(CCc2ccc(NC(=O)[C@H]3CS(=O)(=O)c4ccccc4C3=O)cc2)cc1. The van der Waals surface area contributed by atoms with Crippen LogP contribution in [0.25, 0.3) is 0 Å². The number of fused-ring (bicyclic) bond motifs is 1. The zero-order valence-electron chi connectivity index (χ0n) is 17.6. The molecule has 0 saturated heterocycles. The quantitative estimate of drug-likeness (QED) is 0.580. The molecule has 7 heteroatoms. The number of rotatable bonds is 6. The maximum absolute atomic E-state index is 12.7. The Kier molecular flexibility index (Phi) is 6.10. The molecule has 0 radical (unpaired) electrons. The minimum Gasteiger partial charge on any atom is -0.497 e. The Labute approximate surface area is 187 Å². The van der Waals surface area contributed by atoms with E-state index in [1.165, 1.54) is 17.7 Å². The van der Waals surface area contributed by atoms with Crippen LogP contribution in [-0.4, -0.2) is 33.0 Å². The van der Waals surface area contributed by atoms with Gasteiger partial charge in [0, 0.05) is 11.3 Å². The third kappa shape index (κ3) is 4.57. The molecule has 1 amide bonds. The summed E-state index contributed by atoms with van der Waals surface area (Å²) in [5, 5.41) is 2.69. The van der Waals surface area contributed by atoms with E-state index in [1.807, 2.05) is 36.4 Å². The smallest absolute Gasteiger partial charge is 0.236 e. The Morgan fingerprint density at radius 3 is 2.16 bits per heavy atom. The van der Waals surface area contributed by atoms with Crippen LogP contribution >= 0.6 is 0 Å². The molecule has 164 valence electrons. The fourth-order valence-corrected chi connectivity index (χ4v) is 5.48. The number of amides is 1. The number of sulfone groups is 1. The number of aryl methyl sites for hydroxylation is 2. The number of hydrogen-bond acceptors (Lipinski definition) is 5. The Bertz CT molecular complexity index is 1250. The van der Waals surface area contributed by atoms with E-state index in [4.69, 9.17) is 4.74 Å². The summed E-state index contributed by atoms with van der Waals surface area (Å²) in [4.78, 5) is 25.4. The maximum atomic E-state index is 12.7. The van der Waals surface area contributed by atoms with Gasteiger partial charge in [-0.1, -0.05) is 42.5 Å². The Hall–Kier alpha value is -3.45. The van der Waals surface area contributed by atoms with Gasteiger partial charge in [-0.25, -0.2) is 8.42 Å². The first-order valence-corrected chi connectivity index (χ1v) is 11.9. The Morgan fingerprint density at radius 2 is 1.53 bits per heavy atom. The van der Waals surface area contributed by atoms with Crippen molar-refractivity contribution >= 4 is 27.2 Å². The molecule has 0 bridgehead atoms. The number of carbonyl (C=O) groups excluding carboxylic acids is 2. The molecule has 3 aromatic rings. The lowest BCUT2D eigenvalue weighted by atomic mass is 9.97. The van der Waals surface area contributed by atoms with Gasteiger partial charge in [0.1, 0.15) is 11.7 Å². The highest BCUT2D eigenvalue weighted by molar-refractivity contribution is 7.91. The van der Waals surface area contributed by atoms with E-state index in [0.29, 0.717) is 5.69 Å². The first-order chi connectivity index (χ1) is 15.4. The molecule has 0 unspecified atom stereocenters. The molecule has 1 atom stereocenters. The third-order valence-corrected chi connectivity index (χ3v) is 7.39. The zero-order valence-corrected chi connectivity index (χ0v) is 18.4. The molecule has 3 aromatic carbocycles. The van der Waals surface area contributed by atoms with Gasteiger partial charge in [-0.2, -0.15) is 0 Å². The van der Waals surface area contributed by atoms with Crippen LogP contribution in [0.3, 0.4) is 0 Å². The predicted molar refractivity (Wildman–Crippen MR) is 122 cm³/mol. The molecule has 32 heavy (non-hydrogen) atoms. The average molecular weight is 450 g/mol. The van der Waals surface area contributed by atoms with Crippen molar-refractivity contribution < 1.29 is 22.7 Å². The molecular weight excluding hydrogens is 426 g/mol. The lowest BCUT2D eigenvalue weighted by Crippen LogP contribution is -2.39. The number of hydrogen-bond donors (Lipinski definition) is 1. The molecule has 1 N–H and O–H groups in total. The predicted octanol–water partition coefficient (Wildman–Crippen LogP) is 3.71. The van der Waals surface area contributed by atoms with Crippen molar-refractivity contribution in [3.05, 3.63) is 89.5 Å². The lowest BCUT2D eigenvalue weighted by molar-refractivity contribution is -0.118. The molecule has 1 aliphatic rings. The van der Waals surface area contributed by atoms with Gasteiger partial charge < -0.3 is 10.1 Å². The first-order valence-electron chi connectivity index (χ1n) is 10.3. The monoisotopic (exact) mass is 449 g/mol. The normalized spacial score (nSPS) is 16.8. The average Bonchev–Trinajstić information content (AvgIpc) is 2.81. The molecule has 6 nitrogen and oxygen atoms in total. The van der Waals surface area contributed by atoms with Crippen molar-refractivity contribution in [3.63, 3.8) is 0 Å². The van der Waals surface area contributed by atoms with E-state index in [9.17, 15) is 18.0 Å². The molecule has 0 spiro atoms. The van der Waals surface area contributed by atoms with Gasteiger partial charge in [0.25, 0.3) is 0 Å². The van der Waals surface area contributed by atoms with Crippen molar-refractivity contribution in [1.29, 1.82) is 0 Å². The second kappa shape index (κ2) is 8.96. The number of Topliss-reactive ketones (excluding diaryl/α,β-unsaturated/α-hetero) is 1. The number of methoxy groups -OCH3 is 1. The Morgan fingerprint density at radius 1 is 0.938 bits per heavy atom. The van der Waals surface area contributed by atoms with Crippen molar-refractivity contribution in [2.45, 2.75) is 17.7 Å². The molecule has 0 aliphatic carbocycles. The molecule has 0 fully saturated rings. The number of nitrogens with one attached hydrogen (secondary N) is 1. The summed E-state index contributed by atoms with van der Waals surface area (Å²) in [5.41, 5.74) is 2.89. The van der Waals surface area contributed by atoms with Crippen LogP contribution < -0.4 is 10.1 Å². The van der Waals surface area contributed by atoms with E-state index in [1.54, 1.807) is 31.4 Å². The van der Waals surface area contributed by atoms with E-state index < -0.39 is 33.2 Å². The number of anilines is 1. The van der Waals surface area contributed by atoms with Gasteiger partial charge in [0.15, 0.2) is 15.6 Å². The van der Waals surface area contributed by atoms with E-state index in [2.05, 4.69) is 5.32 Å². The van der Waals surface area contributed by atoms with Crippen LogP contribution in [0.1, 0.15) is 21.5 Å². The van der Waals surface area contributed by atoms with E-state index in [-0.39, 0.29) is 10.5 Å². The molecule has 0 aromatic heterocycles. The van der Waals surface area contributed by atoms with Gasteiger partial charge in [-0.15, -0.1) is 0 Å². The molecule has 1 aliphatic heterocycles. The fraction of sp³-hybridized carbons (Fsp3) is 0.200. The fourth-order valence-electron chi connectivity index (χ4n) is 3.77. The second-order valence-corrected chi connectivity index (χ2v) is 9.73. The van der Waals surface area contributed by atoms with Crippen LogP contribution in [0.15, 0.2) is 77.7 Å². The zero-order chi connectivity index (χ0) is 22.7. The minimum absolute atomic E-state index is 0.00439. The first kappa shape index (κ1) is 21.8. The van der Waals surface area contributed by atoms with Crippen molar-refractivity contribution in [1.82, 2.24) is 0 Å². The molecule has 4 rings (SSSR count). The lowest BCUT2D eigenvalue weighted by Gasteiger charge is -2.22. The van der Waals surface area contributed by atoms with Crippen molar-refractivity contribution in [2.75, 3.05) is 18.2 Å². The molecule has 1 heterocycles. The second-order valence-electron chi connectivity index (χ2n) is 7.73. The number of carbonyl (C=O) groups is 2. The summed E-state index contributed by atoms with van der Waals surface area (Å²) in [7, 11) is -2.06. The maximum Gasteiger partial charge on any atom is 0.236 e. The molecular formula is C25H23NO5S. The Balaban J connectivity index is 1.40. The van der Waals surface area contributed by atoms with Gasteiger partial charge in [-0.3, -0.25) is 9.59 Å². The standard InChI is InChI=1S/C25H23NO5S/c1-31-20-14-10-18(11-15-20)7-6-17-8-12-19(13-9-17)26-25(28)22-16-32(29,30)23-5-3-2-4-21(23)24(22)27/h2-5,8-15,22H,6-7,16H2,1H3,(H,26,28)/t22-/m0/s1.